The van der Waals surface area contributed by atoms with Crippen LogP contribution >= 0.6 is 0 Å². The van der Waals surface area contributed by atoms with E-state index in [1.165, 1.54) is 27.6 Å². The van der Waals surface area contributed by atoms with E-state index in [1.54, 1.807) is 43.3 Å². The van der Waals surface area contributed by atoms with Crippen LogP contribution in [0.5, 0.6) is 5.75 Å². The molecule has 0 spiro atoms. The second-order valence-electron chi connectivity index (χ2n) is 9.14. The average Bonchev–Trinajstić information content (AvgIpc) is 3.13. The van der Waals surface area contributed by atoms with Crippen molar-refractivity contribution < 1.29 is 19.1 Å². The number of para-hydroxylation sites is 1. The Morgan fingerprint density at radius 1 is 1.00 bits per heavy atom. The number of rotatable bonds is 2. The summed E-state index contributed by atoms with van der Waals surface area (Å²) in [6, 6.07) is 11.6. The van der Waals surface area contributed by atoms with Gasteiger partial charge in [0.2, 0.25) is 0 Å². The number of halogens is 1. The molecular formula is C27H20FN3O5. The van der Waals surface area contributed by atoms with Crippen molar-refractivity contribution in [2.45, 2.75) is 31.8 Å². The number of benzene rings is 2. The molecule has 2 atom stereocenters. The highest BCUT2D eigenvalue weighted by molar-refractivity contribution is 6.23. The summed E-state index contributed by atoms with van der Waals surface area (Å²) >= 11 is 0. The molecule has 0 saturated carbocycles. The molecule has 6 rings (SSSR count). The highest BCUT2D eigenvalue weighted by Gasteiger charge is 2.44. The number of hydrogen-bond donors (Lipinski definition) is 1. The van der Waals surface area contributed by atoms with Crippen LogP contribution in [0.3, 0.4) is 0 Å². The number of hydrogen-bond acceptors (Lipinski definition) is 5. The van der Waals surface area contributed by atoms with Gasteiger partial charge in [0.15, 0.2) is 23.1 Å². The summed E-state index contributed by atoms with van der Waals surface area (Å²) in [5, 5.41) is 9.73. The Kier molecular flexibility index (Phi) is 4.72. The lowest BCUT2D eigenvalue weighted by Crippen LogP contribution is -2.40. The molecule has 180 valence electrons. The van der Waals surface area contributed by atoms with E-state index in [0.717, 1.165) is 10.6 Å². The lowest BCUT2D eigenvalue weighted by Gasteiger charge is -2.39. The van der Waals surface area contributed by atoms with Crippen molar-refractivity contribution in [3.8, 4) is 11.4 Å². The molecule has 1 N–H and O–H groups in total. The Balaban J connectivity index is 1.60. The first-order valence-electron chi connectivity index (χ1n) is 11.5. The molecule has 3 aromatic rings. The van der Waals surface area contributed by atoms with E-state index >= 15 is 0 Å². The zero-order valence-corrected chi connectivity index (χ0v) is 19.1. The number of ketones is 2. The number of aromatic nitrogens is 3. The number of phenolic OH excluding ortho intramolecular Hbond substituents is 1. The summed E-state index contributed by atoms with van der Waals surface area (Å²) in [5.41, 5.74) is 1.10. The number of carbonyl (C=O) groups excluding carboxylic acids is 2. The predicted octanol–water partition coefficient (Wildman–Crippen LogP) is 2.71. The van der Waals surface area contributed by atoms with Gasteiger partial charge in [0.05, 0.1) is 18.3 Å². The van der Waals surface area contributed by atoms with E-state index in [2.05, 4.69) is 0 Å². The zero-order chi connectivity index (χ0) is 25.3. The molecule has 3 aliphatic rings. The molecule has 0 unspecified atom stereocenters. The molecule has 0 radical (unpaired) electrons. The van der Waals surface area contributed by atoms with Gasteiger partial charge in [0.25, 0.3) is 0 Å². The summed E-state index contributed by atoms with van der Waals surface area (Å²) < 4.78 is 18.1. The SMILES string of the molecule is CC1=CC(=O)C2=C(C[C@@H]3C(=CCn4c(=O)n(-c5ccccc5)c(=O)n43)[C@@H]2c2ccc(O)c(F)c2)C1=O. The third kappa shape index (κ3) is 2.98. The van der Waals surface area contributed by atoms with Crippen molar-refractivity contribution in [3.63, 3.8) is 0 Å². The average molecular weight is 485 g/mol. The topological polar surface area (TPSA) is 103 Å². The largest absolute Gasteiger partial charge is 0.505 e. The number of nitrogens with zero attached hydrogens (tertiary/aromatic N) is 3. The van der Waals surface area contributed by atoms with Crippen molar-refractivity contribution in [1.82, 2.24) is 13.9 Å². The molecule has 2 heterocycles. The van der Waals surface area contributed by atoms with Gasteiger partial charge in [-0.25, -0.2) is 27.9 Å². The van der Waals surface area contributed by atoms with Crippen molar-refractivity contribution >= 4 is 11.6 Å². The van der Waals surface area contributed by atoms with Crippen LogP contribution in [0.1, 0.15) is 30.9 Å². The molecule has 0 bridgehead atoms. The number of Topliss-reactive ketones (excluding diaryl/α,β-unsaturated/α-hetero) is 1. The van der Waals surface area contributed by atoms with Crippen LogP contribution in [-0.4, -0.2) is 30.6 Å². The van der Waals surface area contributed by atoms with Crippen LogP contribution in [-0.2, 0) is 16.1 Å². The van der Waals surface area contributed by atoms with Crippen LogP contribution in [0, 0.1) is 5.82 Å². The highest BCUT2D eigenvalue weighted by atomic mass is 19.1. The summed E-state index contributed by atoms with van der Waals surface area (Å²) in [6.07, 6.45) is 3.09. The van der Waals surface area contributed by atoms with Gasteiger partial charge in [-0.05, 0) is 48.4 Å². The third-order valence-electron chi connectivity index (χ3n) is 7.15. The van der Waals surface area contributed by atoms with Crippen molar-refractivity contribution in [3.05, 3.63) is 115 Å². The number of allylic oxidation sites excluding steroid dienone is 6. The van der Waals surface area contributed by atoms with Gasteiger partial charge in [-0.15, -0.1) is 0 Å². The normalized spacial score (nSPS) is 20.9. The van der Waals surface area contributed by atoms with Gasteiger partial charge < -0.3 is 5.11 Å². The first-order chi connectivity index (χ1) is 17.3. The maximum absolute atomic E-state index is 14.4. The van der Waals surface area contributed by atoms with Gasteiger partial charge in [0.1, 0.15) is 0 Å². The zero-order valence-electron chi connectivity index (χ0n) is 19.1. The first-order valence-corrected chi connectivity index (χ1v) is 11.5. The fraction of sp³-hybridized carbons (Fsp3) is 0.185. The van der Waals surface area contributed by atoms with E-state index in [1.807, 2.05) is 0 Å². The van der Waals surface area contributed by atoms with Gasteiger partial charge >= 0.3 is 11.4 Å². The van der Waals surface area contributed by atoms with Crippen molar-refractivity contribution in [1.29, 1.82) is 0 Å². The highest BCUT2D eigenvalue weighted by Crippen LogP contribution is 2.49. The summed E-state index contributed by atoms with van der Waals surface area (Å²) in [5.74, 6) is -2.88. The number of carbonyl (C=O) groups is 2. The Morgan fingerprint density at radius 2 is 1.75 bits per heavy atom. The van der Waals surface area contributed by atoms with E-state index in [4.69, 9.17) is 0 Å². The van der Waals surface area contributed by atoms with Gasteiger partial charge in [-0.3, -0.25) is 9.59 Å². The van der Waals surface area contributed by atoms with Crippen LogP contribution < -0.4 is 11.4 Å². The molecule has 9 heteroatoms. The lowest BCUT2D eigenvalue weighted by molar-refractivity contribution is -0.116. The molecular weight excluding hydrogens is 465 g/mol. The molecule has 1 aliphatic heterocycles. The Bertz CT molecular complexity index is 1700. The Morgan fingerprint density at radius 3 is 2.47 bits per heavy atom. The van der Waals surface area contributed by atoms with Crippen molar-refractivity contribution in [2.75, 3.05) is 0 Å². The minimum atomic E-state index is -0.862. The third-order valence-corrected chi connectivity index (χ3v) is 7.15. The first kappa shape index (κ1) is 22.0. The molecule has 1 aromatic heterocycles. The monoisotopic (exact) mass is 485 g/mol. The molecule has 36 heavy (non-hydrogen) atoms. The Hall–Kier alpha value is -4.53. The van der Waals surface area contributed by atoms with Crippen LogP contribution in [0.15, 0.2) is 92.6 Å². The van der Waals surface area contributed by atoms with E-state index < -0.39 is 34.9 Å². The lowest BCUT2D eigenvalue weighted by atomic mass is 9.68. The van der Waals surface area contributed by atoms with Crippen LogP contribution in [0.25, 0.3) is 5.69 Å². The minimum Gasteiger partial charge on any atom is -0.505 e. The summed E-state index contributed by atoms with van der Waals surface area (Å²) in [6.45, 7) is 1.62. The molecule has 2 aliphatic carbocycles. The fourth-order valence-electron chi connectivity index (χ4n) is 5.53. The molecule has 0 fully saturated rings. The van der Waals surface area contributed by atoms with Gasteiger partial charge in [-0.1, -0.05) is 30.3 Å². The molecule has 0 amide bonds. The molecule has 8 nitrogen and oxygen atoms in total. The van der Waals surface area contributed by atoms with E-state index in [0.29, 0.717) is 16.8 Å². The maximum Gasteiger partial charge on any atom is 0.352 e. The Labute approximate surface area is 203 Å². The second-order valence-corrected chi connectivity index (χ2v) is 9.14. The fourth-order valence-corrected chi connectivity index (χ4v) is 5.53. The number of phenols is 1. The smallest absolute Gasteiger partial charge is 0.352 e. The predicted molar refractivity (Wildman–Crippen MR) is 128 cm³/mol. The molecule has 2 aromatic carbocycles. The number of fused-ring (bicyclic) bond motifs is 3. The maximum atomic E-state index is 14.4. The van der Waals surface area contributed by atoms with Crippen LogP contribution in [0.2, 0.25) is 0 Å². The van der Waals surface area contributed by atoms with E-state index in [-0.39, 0.29) is 41.3 Å². The second kappa shape index (κ2) is 7.74. The van der Waals surface area contributed by atoms with Gasteiger partial charge in [0, 0.05) is 29.1 Å². The number of aromatic hydroxyl groups is 1. The molecule has 0 saturated heterocycles. The quantitative estimate of drug-likeness (QED) is 0.444. The van der Waals surface area contributed by atoms with Crippen LogP contribution in [0.4, 0.5) is 4.39 Å². The van der Waals surface area contributed by atoms with Gasteiger partial charge in [-0.2, -0.15) is 0 Å². The van der Waals surface area contributed by atoms with E-state index in [9.17, 15) is 28.7 Å². The van der Waals surface area contributed by atoms with Crippen molar-refractivity contribution in [2.24, 2.45) is 0 Å². The minimum absolute atomic E-state index is 0.0478. The summed E-state index contributed by atoms with van der Waals surface area (Å²) in [4.78, 5) is 53.2. The standard InChI is InChI=1S/C27H20FN3O5/c1-14-11-22(33)24-18(25(14)34)13-20-17(23(24)15-7-8-21(32)19(28)12-15)9-10-29-26(35)30(27(36)31(20)29)16-5-3-2-4-6-16/h2-9,11-12,20,23,32H,10,13H2,1H3/t20-,23+/m1/s1. The summed E-state index contributed by atoms with van der Waals surface area (Å²) in [7, 11) is 0.